The lowest BCUT2D eigenvalue weighted by Gasteiger charge is -2.07. The Hall–Kier alpha value is -2.52. The lowest BCUT2D eigenvalue weighted by atomic mass is 10.0. The molecule has 0 spiro atoms. The first-order chi connectivity index (χ1) is 11.7. The van der Waals surface area contributed by atoms with Crippen LogP contribution >= 0.6 is 11.6 Å². The number of aromatic amines is 1. The number of ether oxygens (including phenoxy) is 1. The number of hydrogen-bond donors (Lipinski definition) is 1. The van der Waals surface area contributed by atoms with E-state index in [1.807, 2.05) is 61.5 Å². The number of halogens is 1. The Morgan fingerprint density at radius 3 is 2.62 bits per heavy atom. The molecule has 0 saturated carbocycles. The minimum atomic E-state index is -0.355. The molecule has 0 radical (unpaired) electrons. The molecular formula is C20H16ClNO2. The number of H-pyrrole nitrogens is 1. The van der Waals surface area contributed by atoms with Gasteiger partial charge in [0.2, 0.25) is 0 Å². The number of fused-ring (bicyclic) bond motifs is 3. The zero-order chi connectivity index (χ0) is 16.7. The molecule has 1 heterocycles. The van der Waals surface area contributed by atoms with E-state index in [1.165, 1.54) is 0 Å². The van der Waals surface area contributed by atoms with E-state index in [4.69, 9.17) is 16.3 Å². The van der Waals surface area contributed by atoms with Crippen LogP contribution in [0, 0.1) is 6.92 Å². The number of hydrogen-bond acceptors (Lipinski definition) is 2. The average molecular weight is 338 g/mol. The third-order valence-corrected chi connectivity index (χ3v) is 4.91. The summed E-state index contributed by atoms with van der Waals surface area (Å²) in [5.74, 6) is -0.355. The molecule has 0 aliphatic heterocycles. The summed E-state index contributed by atoms with van der Waals surface area (Å²) in [4.78, 5) is 15.7. The number of carbonyl (C=O) groups is 1. The van der Waals surface area contributed by atoms with Gasteiger partial charge in [-0.3, -0.25) is 0 Å². The van der Waals surface area contributed by atoms with Crippen LogP contribution in [0.1, 0.15) is 38.2 Å². The van der Waals surface area contributed by atoms with Gasteiger partial charge in [0.05, 0.1) is 5.38 Å². The van der Waals surface area contributed by atoms with E-state index < -0.39 is 0 Å². The molecule has 0 amide bonds. The Bertz CT molecular complexity index is 915. The monoisotopic (exact) mass is 337 g/mol. The number of benzene rings is 2. The molecular weight excluding hydrogens is 322 g/mol. The first kappa shape index (κ1) is 15.0. The van der Waals surface area contributed by atoms with Crippen molar-refractivity contribution in [1.29, 1.82) is 0 Å². The molecule has 0 bridgehead atoms. The van der Waals surface area contributed by atoms with Gasteiger partial charge in [0.15, 0.2) is 0 Å². The maximum Gasteiger partial charge on any atom is 0.355 e. The fourth-order valence-electron chi connectivity index (χ4n) is 3.26. The molecule has 1 atom stereocenters. The zero-order valence-corrected chi connectivity index (χ0v) is 13.9. The van der Waals surface area contributed by atoms with Crippen molar-refractivity contribution in [3.8, 4) is 11.1 Å². The van der Waals surface area contributed by atoms with Crippen molar-refractivity contribution in [2.45, 2.75) is 18.9 Å². The number of aromatic nitrogens is 1. The third-order valence-electron chi connectivity index (χ3n) is 4.45. The van der Waals surface area contributed by atoms with Crippen LogP contribution in [0.5, 0.6) is 0 Å². The lowest BCUT2D eigenvalue weighted by molar-refractivity contribution is 0.0465. The summed E-state index contributed by atoms with van der Waals surface area (Å²) >= 11 is 6.55. The summed E-state index contributed by atoms with van der Waals surface area (Å²) in [6.45, 7) is 2.18. The third kappa shape index (κ3) is 2.33. The standard InChI is InChI=1S/C20H16ClNO2/c1-12-16-14-9-5-6-10-15(14)17(21)19(16)22-18(12)20(23)24-11-13-7-3-2-4-8-13/h2-10,17,22H,11H2,1H3. The molecule has 24 heavy (non-hydrogen) atoms. The van der Waals surface area contributed by atoms with Crippen LogP contribution in [-0.4, -0.2) is 11.0 Å². The van der Waals surface area contributed by atoms with Crippen molar-refractivity contribution in [3.05, 3.63) is 82.7 Å². The Kier molecular flexibility index (Phi) is 3.66. The van der Waals surface area contributed by atoms with Gasteiger partial charge in [0.25, 0.3) is 0 Å². The highest BCUT2D eigenvalue weighted by atomic mass is 35.5. The van der Waals surface area contributed by atoms with Gasteiger partial charge < -0.3 is 9.72 Å². The second-order valence-electron chi connectivity index (χ2n) is 5.93. The number of esters is 1. The van der Waals surface area contributed by atoms with E-state index in [0.717, 1.165) is 33.5 Å². The lowest BCUT2D eigenvalue weighted by Crippen LogP contribution is -2.08. The maximum absolute atomic E-state index is 12.5. The van der Waals surface area contributed by atoms with Gasteiger partial charge in [-0.15, -0.1) is 11.6 Å². The Morgan fingerprint density at radius 2 is 1.83 bits per heavy atom. The number of alkyl halides is 1. The second kappa shape index (κ2) is 5.84. The summed E-state index contributed by atoms with van der Waals surface area (Å²) in [5, 5.41) is -0.259. The van der Waals surface area contributed by atoms with Gasteiger partial charge in [-0.1, -0.05) is 54.6 Å². The van der Waals surface area contributed by atoms with E-state index >= 15 is 0 Å². The summed E-state index contributed by atoms with van der Waals surface area (Å²) in [7, 11) is 0. The van der Waals surface area contributed by atoms with Gasteiger partial charge in [-0.05, 0) is 29.2 Å². The van der Waals surface area contributed by atoms with Gasteiger partial charge >= 0.3 is 5.97 Å². The first-order valence-electron chi connectivity index (χ1n) is 7.83. The van der Waals surface area contributed by atoms with Gasteiger partial charge in [-0.25, -0.2) is 4.79 Å². The van der Waals surface area contributed by atoms with Crippen LogP contribution in [0.2, 0.25) is 0 Å². The van der Waals surface area contributed by atoms with Crippen molar-refractivity contribution in [1.82, 2.24) is 4.98 Å². The number of carbonyl (C=O) groups excluding carboxylic acids is 1. The van der Waals surface area contributed by atoms with Gasteiger partial charge in [0, 0.05) is 11.3 Å². The molecule has 4 rings (SSSR count). The van der Waals surface area contributed by atoms with Crippen LogP contribution in [0.25, 0.3) is 11.1 Å². The Labute approximate surface area is 145 Å². The first-order valence-corrected chi connectivity index (χ1v) is 8.27. The van der Waals surface area contributed by atoms with Gasteiger partial charge in [0.1, 0.15) is 12.3 Å². The average Bonchev–Trinajstić information content (AvgIpc) is 3.10. The van der Waals surface area contributed by atoms with Crippen LogP contribution < -0.4 is 0 Å². The highest BCUT2D eigenvalue weighted by molar-refractivity contribution is 6.24. The predicted molar refractivity (Wildman–Crippen MR) is 94.2 cm³/mol. The van der Waals surface area contributed by atoms with Crippen LogP contribution in [0.4, 0.5) is 0 Å². The summed E-state index contributed by atoms with van der Waals surface area (Å²) in [6.07, 6.45) is 0. The fraction of sp³-hybridized carbons (Fsp3) is 0.150. The molecule has 1 aliphatic rings. The van der Waals surface area contributed by atoms with E-state index in [1.54, 1.807) is 0 Å². The van der Waals surface area contributed by atoms with Crippen molar-refractivity contribution in [2.75, 3.05) is 0 Å². The molecule has 1 aliphatic carbocycles. The summed E-state index contributed by atoms with van der Waals surface area (Å²) in [5.41, 5.74) is 6.40. The molecule has 120 valence electrons. The molecule has 4 heteroatoms. The molecule has 0 fully saturated rings. The molecule has 1 aromatic heterocycles. The van der Waals surface area contributed by atoms with Crippen LogP contribution in [0.3, 0.4) is 0 Å². The summed E-state index contributed by atoms with van der Waals surface area (Å²) in [6, 6.07) is 17.7. The predicted octanol–water partition coefficient (Wildman–Crippen LogP) is 4.99. The zero-order valence-electron chi connectivity index (χ0n) is 13.2. The van der Waals surface area contributed by atoms with Crippen LogP contribution in [0.15, 0.2) is 54.6 Å². The van der Waals surface area contributed by atoms with E-state index in [0.29, 0.717) is 5.69 Å². The van der Waals surface area contributed by atoms with E-state index in [9.17, 15) is 4.79 Å². The van der Waals surface area contributed by atoms with Gasteiger partial charge in [-0.2, -0.15) is 0 Å². The normalized spacial score (nSPS) is 15.0. The molecule has 2 aromatic carbocycles. The highest BCUT2D eigenvalue weighted by Crippen LogP contribution is 2.48. The summed E-state index contributed by atoms with van der Waals surface area (Å²) < 4.78 is 5.44. The highest BCUT2D eigenvalue weighted by Gasteiger charge is 2.33. The quantitative estimate of drug-likeness (QED) is 0.540. The smallest absolute Gasteiger partial charge is 0.355 e. The molecule has 3 aromatic rings. The fourth-order valence-corrected chi connectivity index (χ4v) is 3.61. The topological polar surface area (TPSA) is 42.1 Å². The van der Waals surface area contributed by atoms with E-state index in [2.05, 4.69) is 4.98 Å². The minimum absolute atomic E-state index is 0.254. The van der Waals surface area contributed by atoms with Crippen molar-refractivity contribution >= 4 is 17.6 Å². The molecule has 3 nitrogen and oxygen atoms in total. The van der Waals surface area contributed by atoms with Crippen molar-refractivity contribution in [3.63, 3.8) is 0 Å². The maximum atomic E-state index is 12.5. The van der Waals surface area contributed by atoms with Crippen LogP contribution in [-0.2, 0) is 11.3 Å². The Morgan fingerprint density at radius 1 is 1.12 bits per heavy atom. The van der Waals surface area contributed by atoms with Crippen molar-refractivity contribution < 1.29 is 9.53 Å². The molecule has 0 saturated heterocycles. The molecule has 1 N–H and O–H groups in total. The minimum Gasteiger partial charge on any atom is -0.456 e. The Balaban J connectivity index is 1.63. The molecule has 1 unspecified atom stereocenters. The SMILES string of the molecule is Cc1c(C(=O)OCc2ccccc2)[nH]c2c1-c1ccccc1C2Cl. The number of rotatable bonds is 3. The van der Waals surface area contributed by atoms with Crippen molar-refractivity contribution in [2.24, 2.45) is 0 Å². The van der Waals surface area contributed by atoms with E-state index in [-0.39, 0.29) is 18.0 Å². The largest absolute Gasteiger partial charge is 0.456 e. The number of nitrogens with one attached hydrogen (secondary N) is 1. The second-order valence-corrected chi connectivity index (χ2v) is 6.36.